The fourth-order valence-electron chi connectivity index (χ4n) is 3.15. The van der Waals surface area contributed by atoms with Crippen LogP contribution in [0, 0.1) is 0 Å². The number of hydrogen-bond acceptors (Lipinski definition) is 4. The number of methoxy groups -OCH3 is 1. The number of benzene rings is 1. The smallest absolute Gasteiger partial charge is 0.238 e. The molecule has 1 saturated carbocycles. The van der Waals surface area contributed by atoms with E-state index in [-0.39, 0.29) is 11.8 Å². The first kappa shape index (κ1) is 18.3. The lowest BCUT2D eigenvalue weighted by Gasteiger charge is -2.30. The summed E-state index contributed by atoms with van der Waals surface area (Å²) >= 11 is 0. The molecule has 0 bridgehead atoms. The lowest BCUT2D eigenvalue weighted by molar-refractivity contribution is -0.117. The fourth-order valence-corrected chi connectivity index (χ4v) is 3.15. The van der Waals surface area contributed by atoms with Crippen LogP contribution >= 0.6 is 0 Å². The maximum Gasteiger partial charge on any atom is 0.238 e. The minimum atomic E-state index is -0.158. The van der Waals surface area contributed by atoms with Gasteiger partial charge in [-0.3, -0.25) is 14.5 Å². The molecule has 24 heavy (non-hydrogen) atoms. The zero-order valence-corrected chi connectivity index (χ0v) is 14.7. The molecule has 0 aromatic heterocycles. The number of carbonyl (C=O) groups excluding carboxylic acids is 2. The van der Waals surface area contributed by atoms with Gasteiger partial charge in [0.1, 0.15) is 5.75 Å². The second-order valence-corrected chi connectivity index (χ2v) is 6.35. The van der Waals surface area contributed by atoms with Crippen LogP contribution in [0.15, 0.2) is 18.2 Å². The molecule has 1 aromatic carbocycles. The summed E-state index contributed by atoms with van der Waals surface area (Å²) in [5.41, 5.74) is 1.19. The highest BCUT2D eigenvalue weighted by Gasteiger charge is 2.20. The van der Waals surface area contributed by atoms with Crippen molar-refractivity contribution in [3.63, 3.8) is 0 Å². The number of hydrogen-bond donors (Lipinski definition) is 2. The molecule has 132 valence electrons. The number of carbonyl (C=O) groups is 2. The van der Waals surface area contributed by atoms with E-state index in [9.17, 15) is 9.59 Å². The Kier molecular flexibility index (Phi) is 6.61. The van der Waals surface area contributed by atoms with Gasteiger partial charge in [-0.05, 0) is 38.1 Å². The summed E-state index contributed by atoms with van der Waals surface area (Å²) in [6, 6.07) is 5.66. The van der Waals surface area contributed by atoms with Crippen LogP contribution in [0.1, 0.15) is 39.0 Å². The molecule has 1 aromatic rings. The third-order valence-electron chi connectivity index (χ3n) is 4.38. The van der Waals surface area contributed by atoms with E-state index in [0.29, 0.717) is 29.7 Å². The van der Waals surface area contributed by atoms with Gasteiger partial charge in [0, 0.05) is 18.7 Å². The minimum Gasteiger partial charge on any atom is -0.495 e. The van der Waals surface area contributed by atoms with Crippen molar-refractivity contribution < 1.29 is 14.3 Å². The molecule has 1 aliphatic carbocycles. The monoisotopic (exact) mass is 333 g/mol. The van der Waals surface area contributed by atoms with Gasteiger partial charge in [-0.1, -0.05) is 19.3 Å². The second-order valence-electron chi connectivity index (χ2n) is 6.35. The van der Waals surface area contributed by atoms with Crippen LogP contribution in [-0.4, -0.2) is 43.5 Å². The van der Waals surface area contributed by atoms with E-state index < -0.39 is 0 Å². The van der Waals surface area contributed by atoms with Crippen LogP contribution in [0.4, 0.5) is 11.4 Å². The lowest BCUT2D eigenvalue weighted by Crippen LogP contribution is -2.39. The number of amides is 2. The summed E-state index contributed by atoms with van der Waals surface area (Å²) < 4.78 is 5.29. The molecule has 0 saturated heterocycles. The fraction of sp³-hybridized carbons (Fsp3) is 0.556. The zero-order chi connectivity index (χ0) is 17.5. The van der Waals surface area contributed by atoms with Crippen molar-refractivity contribution in [3.8, 4) is 5.75 Å². The van der Waals surface area contributed by atoms with E-state index in [1.54, 1.807) is 25.3 Å². The van der Waals surface area contributed by atoms with Crippen molar-refractivity contribution in [1.29, 1.82) is 0 Å². The Hall–Kier alpha value is -2.08. The zero-order valence-electron chi connectivity index (χ0n) is 14.7. The first-order valence-electron chi connectivity index (χ1n) is 8.45. The number of ether oxygens (including phenoxy) is 1. The Labute approximate surface area is 143 Å². The van der Waals surface area contributed by atoms with Crippen molar-refractivity contribution >= 4 is 23.2 Å². The Morgan fingerprint density at radius 2 is 1.92 bits per heavy atom. The maximum absolute atomic E-state index is 12.4. The third-order valence-corrected chi connectivity index (χ3v) is 4.38. The van der Waals surface area contributed by atoms with Crippen LogP contribution in [0.2, 0.25) is 0 Å². The van der Waals surface area contributed by atoms with Crippen LogP contribution in [-0.2, 0) is 9.59 Å². The lowest BCUT2D eigenvalue weighted by atomic mass is 9.94. The predicted octanol–water partition coefficient (Wildman–Crippen LogP) is 2.86. The van der Waals surface area contributed by atoms with E-state index in [1.165, 1.54) is 26.2 Å². The second kappa shape index (κ2) is 8.68. The largest absolute Gasteiger partial charge is 0.495 e. The minimum absolute atomic E-state index is 0.0821. The Morgan fingerprint density at radius 1 is 1.21 bits per heavy atom. The molecule has 0 spiro atoms. The van der Waals surface area contributed by atoms with Crippen molar-refractivity contribution in [3.05, 3.63) is 18.2 Å². The van der Waals surface area contributed by atoms with Crippen molar-refractivity contribution in [2.45, 2.75) is 45.1 Å². The molecule has 6 heteroatoms. The Morgan fingerprint density at radius 3 is 2.54 bits per heavy atom. The molecule has 0 unspecified atom stereocenters. The summed E-state index contributed by atoms with van der Waals surface area (Å²) in [4.78, 5) is 25.7. The maximum atomic E-state index is 12.4. The topological polar surface area (TPSA) is 70.7 Å². The van der Waals surface area contributed by atoms with Crippen LogP contribution in [0.25, 0.3) is 0 Å². The van der Waals surface area contributed by atoms with Crippen LogP contribution in [0.5, 0.6) is 5.75 Å². The summed E-state index contributed by atoms with van der Waals surface area (Å²) in [5, 5.41) is 5.59. The molecule has 2 amide bonds. The molecule has 0 radical (unpaired) electrons. The standard InChI is InChI=1S/C18H27N3O3/c1-13(22)19-14-9-10-17(24-3)16(11-14)20-18(23)12-21(2)15-7-5-4-6-8-15/h9-11,15H,4-8,12H2,1-3H3,(H,19,22)(H,20,23). The normalized spacial score (nSPS) is 15.2. The number of rotatable bonds is 6. The molecule has 0 aliphatic heterocycles. The average Bonchev–Trinajstić information content (AvgIpc) is 2.55. The average molecular weight is 333 g/mol. The molecule has 1 fully saturated rings. The highest BCUT2D eigenvalue weighted by molar-refractivity contribution is 5.95. The molecule has 1 aliphatic rings. The Balaban J connectivity index is 1.99. The number of anilines is 2. The molecule has 0 atom stereocenters. The van der Waals surface area contributed by atoms with Gasteiger partial charge in [0.2, 0.25) is 11.8 Å². The van der Waals surface area contributed by atoms with Gasteiger partial charge in [-0.25, -0.2) is 0 Å². The van der Waals surface area contributed by atoms with E-state index in [4.69, 9.17) is 4.74 Å². The number of likely N-dealkylation sites (N-methyl/N-ethyl adjacent to an activating group) is 1. The van der Waals surface area contributed by atoms with Gasteiger partial charge in [-0.2, -0.15) is 0 Å². The molecule has 2 N–H and O–H groups in total. The van der Waals surface area contributed by atoms with E-state index in [0.717, 1.165) is 12.8 Å². The predicted molar refractivity (Wildman–Crippen MR) is 95.4 cm³/mol. The molecule has 0 heterocycles. The van der Waals surface area contributed by atoms with Crippen molar-refractivity contribution in [2.24, 2.45) is 0 Å². The first-order valence-corrected chi connectivity index (χ1v) is 8.45. The summed E-state index contributed by atoms with van der Waals surface area (Å²) in [6.45, 7) is 1.79. The van der Waals surface area contributed by atoms with E-state index in [2.05, 4.69) is 15.5 Å². The highest BCUT2D eigenvalue weighted by atomic mass is 16.5. The summed E-state index contributed by atoms with van der Waals surface area (Å²) in [7, 11) is 3.55. The van der Waals surface area contributed by atoms with Gasteiger partial charge in [0.15, 0.2) is 0 Å². The quantitative estimate of drug-likeness (QED) is 0.840. The van der Waals surface area contributed by atoms with Gasteiger partial charge in [-0.15, -0.1) is 0 Å². The van der Waals surface area contributed by atoms with Gasteiger partial charge in [0.25, 0.3) is 0 Å². The number of nitrogens with zero attached hydrogens (tertiary/aromatic N) is 1. The van der Waals surface area contributed by atoms with E-state index >= 15 is 0 Å². The Bertz CT molecular complexity index is 583. The third kappa shape index (κ3) is 5.23. The van der Waals surface area contributed by atoms with Gasteiger partial charge >= 0.3 is 0 Å². The molecular weight excluding hydrogens is 306 g/mol. The molecule has 2 rings (SSSR count). The first-order chi connectivity index (χ1) is 11.5. The van der Waals surface area contributed by atoms with Crippen molar-refractivity contribution in [2.75, 3.05) is 31.3 Å². The van der Waals surface area contributed by atoms with Crippen LogP contribution < -0.4 is 15.4 Å². The van der Waals surface area contributed by atoms with Gasteiger partial charge < -0.3 is 15.4 Å². The molecular formula is C18H27N3O3. The molecule has 6 nitrogen and oxygen atoms in total. The van der Waals surface area contributed by atoms with Gasteiger partial charge in [0.05, 0.1) is 19.3 Å². The highest BCUT2D eigenvalue weighted by Crippen LogP contribution is 2.28. The van der Waals surface area contributed by atoms with Crippen LogP contribution in [0.3, 0.4) is 0 Å². The van der Waals surface area contributed by atoms with Crippen molar-refractivity contribution in [1.82, 2.24) is 4.90 Å². The summed E-state index contributed by atoms with van der Waals surface area (Å²) in [6.07, 6.45) is 6.09. The SMILES string of the molecule is COc1ccc(NC(C)=O)cc1NC(=O)CN(C)C1CCCCC1. The summed E-state index contributed by atoms with van der Waals surface area (Å²) in [5.74, 6) is 0.327. The number of nitrogens with one attached hydrogen (secondary N) is 2. The van der Waals surface area contributed by atoms with E-state index in [1.807, 2.05) is 7.05 Å².